The summed E-state index contributed by atoms with van der Waals surface area (Å²) in [5.41, 5.74) is -0.984. The lowest BCUT2D eigenvalue weighted by Gasteiger charge is -2.08. The molecule has 0 amide bonds. The summed E-state index contributed by atoms with van der Waals surface area (Å²) in [4.78, 5) is 0. The van der Waals surface area contributed by atoms with E-state index in [-0.39, 0.29) is 0 Å². The first-order valence-electron chi connectivity index (χ1n) is 7.83. The van der Waals surface area contributed by atoms with Gasteiger partial charge in [-0.2, -0.15) is 17.7 Å². The molecular formula is C19H20F3NO3S. The highest BCUT2D eigenvalue weighted by Gasteiger charge is 2.36. The number of hydrogen-bond donors (Lipinski definition) is 0. The zero-order valence-corrected chi connectivity index (χ0v) is 15.6. The Hall–Kier alpha value is -2.45. The first kappa shape index (κ1) is 22.6. The molecule has 1 aromatic heterocycles. The molecule has 27 heavy (non-hydrogen) atoms. The average molecular weight is 399 g/mol. The lowest BCUT2D eigenvalue weighted by atomic mass is 10.0. The second kappa shape index (κ2) is 9.48. The van der Waals surface area contributed by atoms with Crippen molar-refractivity contribution in [2.75, 3.05) is 0 Å². The molecule has 0 atom stereocenters. The van der Waals surface area contributed by atoms with Crippen molar-refractivity contribution < 1.29 is 30.7 Å². The van der Waals surface area contributed by atoms with Crippen LogP contribution >= 0.6 is 0 Å². The standard InChI is InChI=1S/C18H20N.CHF3O3S/c1-15(2)18-11-7-8-13-19(18)14-12-16(3)17-9-5-4-6-10-17;2-1(3,4)8(5,6)7/h4-11,13H,1,3,12,14H2,2H3;(H,5,6,7)/q+1;/p-1. The van der Waals surface area contributed by atoms with Crippen LogP contribution in [0.25, 0.3) is 11.1 Å². The number of allylic oxidation sites excluding steroid dienone is 2. The van der Waals surface area contributed by atoms with Crippen LogP contribution in [0.4, 0.5) is 13.2 Å². The fourth-order valence-corrected chi connectivity index (χ4v) is 2.13. The van der Waals surface area contributed by atoms with Crippen molar-refractivity contribution in [3.63, 3.8) is 0 Å². The number of pyridine rings is 1. The van der Waals surface area contributed by atoms with Crippen LogP contribution in [0.2, 0.25) is 0 Å². The number of rotatable bonds is 5. The molecular weight excluding hydrogens is 379 g/mol. The van der Waals surface area contributed by atoms with E-state index in [1.165, 1.54) is 16.8 Å². The van der Waals surface area contributed by atoms with Gasteiger partial charge in [-0.15, -0.1) is 0 Å². The Bertz CT molecular complexity index is 892. The Balaban J connectivity index is 0.000000387. The molecule has 0 bridgehead atoms. The SMILES string of the molecule is C=C(CC[n+]1ccccc1C(=C)C)c1ccccc1.O=S(=O)([O-])C(F)(F)F. The van der Waals surface area contributed by atoms with Crippen molar-refractivity contribution in [3.05, 3.63) is 79.1 Å². The fraction of sp³-hybridized carbons (Fsp3) is 0.211. The van der Waals surface area contributed by atoms with E-state index in [1.54, 1.807) is 0 Å². The van der Waals surface area contributed by atoms with Gasteiger partial charge in [0.05, 0.1) is 0 Å². The number of aromatic nitrogens is 1. The van der Waals surface area contributed by atoms with E-state index >= 15 is 0 Å². The molecule has 0 radical (unpaired) electrons. The van der Waals surface area contributed by atoms with E-state index in [1.807, 2.05) is 19.1 Å². The van der Waals surface area contributed by atoms with Crippen LogP contribution in [0.3, 0.4) is 0 Å². The Morgan fingerprint density at radius 3 is 2.07 bits per heavy atom. The van der Waals surface area contributed by atoms with Gasteiger partial charge in [0.2, 0.25) is 5.69 Å². The van der Waals surface area contributed by atoms with Gasteiger partial charge in [0, 0.05) is 24.1 Å². The quantitative estimate of drug-likeness (QED) is 0.431. The van der Waals surface area contributed by atoms with Gasteiger partial charge in [-0.1, -0.05) is 43.5 Å². The van der Waals surface area contributed by atoms with E-state index in [4.69, 9.17) is 13.0 Å². The van der Waals surface area contributed by atoms with Crippen LogP contribution in [0.15, 0.2) is 67.9 Å². The molecule has 4 nitrogen and oxygen atoms in total. The summed E-state index contributed by atoms with van der Waals surface area (Å²) in [5.74, 6) is 0. The van der Waals surface area contributed by atoms with E-state index in [2.05, 4.69) is 60.3 Å². The fourth-order valence-electron chi connectivity index (χ4n) is 2.13. The summed E-state index contributed by atoms with van der Waals surface area (Å²) in [7, 11) is -6.09. The predicted octanol–water partition coefficient (Wildman–Crippen LogP) is 4.16. The molecule has 0 aliphatic carbocycles. The van der Waals surface area contributed by atoms with Gasteiger partial charge < -0.3 is 4.55 Å². The Labute approximate surface area is 157 Å². The average Bonchev–Trinajstić information content (AvgIpc) is 2.59. The molecule has 0 saturated heterocycles. The summed E-state index contributed by atoms with van der Waals surface area (Å²) in [6.45, 7) is 11.2. The molecule has 0 aliphatic rings. The van der Waals surface area contributed by atoms with Gasteiger partial charge in [-0.3, -0.25) is 0 Å². The number of aryl methyl sites for hydroxylation is 1. The second-order valence-corrected chi connectivity index (χ2v) is 7.05. The van der Waals surface area contributed by atoms with Crippen molar-refractivity contribution >= 4 is 21.3 Å². The van der Waals surface area contributed by atoms with Gasteiger partial charge in [0.15, 0.2) is 22.9 Å². The van der Waals surface area contributed by atoms with Crippen molar-refractivity contribution in [2.24, 2.45) is 0 Å². The Morgan fingerprint density at radius 1 is 1.07 bits per heavy atom. The van der Waals surface area contributed by atoms with Crippen LogP contribution in [0, 0.1) is 0 Å². The minimum Gasteiger partial charge on any atom is -0.741 e. The molecule has 1 aromatic carbocycles. The van der Waals surface area contributed by atoms with E-state index < -0.39 is 15.6 Å². The highest BCUT2D eigenvalue weighted by Crippen LogP contribution is 2.20. The molecule has 8 heteroatoms. The molecule has 0 spiro atoms. The van der Waals surface area contributed by atoms with E-state index in [0.29, 0.717) is 0 Å². The topological polar surface area (TPSA) is 61.1 Å². The molecule has 0 unspecified atom stereocenters. The molecule has 0 aliphatic heterocycles. The zero-order valence-electron chi connectivity index (χ0n) is 14.7. The smallest absolute Gasteiger partial charge is 0.485 e. The Kier molecular flexibility index (Phi) is 7.93. The molecule has 0 N–H and O–H groups in total. The van der Waals surface area contributed by atoms with Crippen LogP contribution < -0.4 is 4.57 Å². The highest BCUT2D eigenvalue weighted by molar-refractivity contribution is 7.86. The third kappa shape index (κ3) is 7.36. The largest absolute Gasteiger partial charge is 0.741 e. The lowest BCUT2D eigenvalue weighted by Crippen LogP contribution is -2.37. The third-order valence-corrected chi connectivity index (χ3v) is 4.06. The normalized spacial score (nSPS) is 11.3. The van der Waals surface area contributed by atoms with Gasteiger partial charge >= 0.3 is 5.51 Å². The maximum absolute atomic E-state index is 10.7. The minimum absolute atomic E-state index is 0.927. The zero-order chi connectivity index (χ0) is 20.7. The molecule has 2 rings (SSSR count). The molecule has 0 saturated carbocycles. The van der Waals surface area contributed by atoms with E-state index in [9.17, 15) is 13.2 Å². The van der Waals surface area contributed by atoms with Crippen molar-refractivity contribution in [1.29, 1.82) is 0 Å². The molecule has 2 aromatic rings. The molecule has 0 fully saturated rings. The number of halogens is 3. The van der Waals surface area contributed by atoms with Gasteiger partial charge in [0.1, 0.15) is 0 Å². The second-order valence-electron chi connectivity index (χ2n) is 5.68. The number of benzene rings is 1. The summed E-state index contributed by atoms with van der Waals surface area (Å²) >= 11 is 0. The van der Waals surface area contributed by atoms with E-state index in [0.717, 1.165) is 18.5 Å². The van der Waals surface area contributed by atoms with Crippen molar-refractivity contribution in [2.45, 2.75) is 25.4 Å². The summed E-state index contributed by atoms with van der Waals surface area (Å²) < 4.78 is 61.1. The minimum atomic E-state index is -6.09. The van der Waals surface area contributed by atoms with Crippen LogP contribution in [-0.2, 0) is 16.7 Å². The van der Waals surface area contributed by atoms with Gasteiger partial charge in [-0.05, 0) is 24.1 Å². The monoisotopic (exact) mass is 399 g/mol. The summed E-state index contributed by atoms with van der Waals surface area (Å²) in [6, 6.07) is 16.6. The highest BCUT2D eigenvalue weighted by atomic mass is 32.2. The summed E-state index contributed by atoms with van der Waals surface area (Å²) in [6.07, 6.45) is 3.04. The van der Waals surface area contributed by atoms with Crippen molar-refractivity contribution in [1.82, 2.24) is 0 Å². The Morgan fingerprint density at radius 2 is 1.59 bits per heavy atom. The lowest BCUT2D eigenvalue weighted by molar-refractivity contribution is -0.698. The van der Waals surface area contributed by atoms with Crippen LogP contribution in [0.1, 0.15) is 24.6 Å². The third-order valence-electron chi connectivity index (χ3n) is 3.50. The van der Waals surface area contributed by atoms with Crippen LogP contribution in [-0.4, -0.2) is 18.5 Å². The molecule has 1 heterocycles. The predicted molar refractivity (Wildman–Crippen MR) is 97.2 cm³/mol. The number of alkyl halides is 3. The summed E-state index contributed by atoms with van der Waals surface area (Å²) in [5, 5.41) is 0. The van der Waals surface area contributed by atoms with Gasteiger partial charge in [-0.25, -0.2) is 8.42 Å². The molecule has 146 valence electrons. The first-order valence-corrected chi connectivity index (χ1v) is 9.24. The first-order chi connectivity index (χ1) is 12.4. The number of nitrogens with zero attached hydrogens (tertiary/aromatic N) is 1. The number of hydrogen-bond acceptors (Lipinski definition) is 3. The van der Waals surface area contributed by atoms with Crippen LogP contribution in [0.5, 0.6) is 0 Å². The van der Waals surface area contributed by atoms with Crippen molar-refractivity contribution in [3.8, 4) is 0 Å². The van der Waals surface area contributed by atoms with Gasteiger partial charge in [0.25, 0.3) is 0 Å². The maximum Gasteiger partial charge on any atom is 0.485 e. The maximum atomic E-state index is 10.7.